The fraction of sp³-hybridized carbons (Fsp3) is 0.333. The molecule has 0 bridgehead atoms. The maximum Gasteiger partial charge on any atom is 0.0845 e. The SMILES string of the molecule is CCO/C=C/C=C/Cl. The van der Waals surface area contributed by atoms with Crippen molar-refractivity contribution in [2.45, 2.75) is 6.92 Å². The van der Waals surface area contributed by atoms with E-state index in [1.54, 1.807) is 18.4 Å². The maximum absolute atomic E-state index is 5.19. The minimum Gasteiger partial charge on any atom is -0.501 e. The number of ether oxygens (including phenoxy) is 1. The number of hydrogen-bond acceptors (Lipinski definition) is 1. The van der Waals surface area contributed by atoms with Gasteiger partial charge in [-0.2, -0.15) is 0 Å². The van der Waals surface area contributed by atoms with Crippen molar-refractivity contribution >= 4 is 11.6 Å². The largest absolute Gasteiger partial charge is 0.501 e. The van der Waals surface area contributed by atoms with Crippen LogP contribution in [0.4, 0.5) is 0 Å². The zero-order chi connectivity index (χ0) is 6.24. The van der Waals surface area contributed by atoms with Crippen molar-refractivity contribution in [3.05, 3.63) is 23.9 Å². The second-order valence-electron chi connectivity index (χ2n) is 1.10. The number of rotatable bonds is 3. The summed E-state index contributed by atoms with van der Waals surface area (Å²) in [7, 11) is 0. The Morgan fingerprint density at radius 1 is 1.50 bits per heavy atom. The van der Waals surface area contributed by atoms with Gasteiger partial charge in [-0.1, -0.05) is 11.6 Å². The molecule has 0 rings (SSSR count). The molecule has 1 nitrogen and oxygen atoms in total. The average Bonchev–Trinajstić information content (AvgIpc) is 1.81. The van der Waals surface area contributed by atoms with Crippen LogP contribution in [-0.4, -0.2) is 6.61 Å². The summed E-state index contributed by atoms with van der Waals surface area (Å²) in [6.07, 6.45) is 5.02. The first-order valence-corrected chi connectivity index (χ1v) is 2.89. The lowest BCUT2D eigenvalue weighted by Crippen LogP contribution is -1.74. The third-order valence-corrected chi connectivity index (χ3v) is 0.671. The van der Waals surface area contributed by atoms with Gasteiger partial charge < -0.3 is 4.74 Å². The summed E-state index contributed by atoms with van der Waals surface area (Å²) in [6.45, 7) is 2.63. The van der Waals surface area contributed by atoms with E-state index in [2.05, 4.69) is 0 Å². The molecule has 0 saturated carbocycles. The predicted octanol–water partition coefficient (Wildman–Crippen LogP) is 2.29. The van der Waals surface area contributed by atoms with Gasteiger partial charge in [-0.05, 0) is 19.1 Å². The quantitative estimate of drug-likeness (QED) is 0.423. The van der Waals surface area contributed by atoms with Crippen LogP contribution in [0.25, 0.3) is 0 Å². The van der Waals surface area contributed by atoms with Crippen LogP contribution in [0.2, 0.25) is 0 Å². The Morgan fingerprint density at radius 3 is 2.75 bits per heavy atom. The van der Waals surface area contributed by atoms with Gasteiger partial charge >= 0.3 is 0 Å². The third kappa shape index (κ3) is 5.57. The molecule has 0 amide bonds. The Bertz CT molecular complexity index is 86.5. The van der Waals surface area contributed by atoms with Crippen molar-refractivity contribution < 1.29 is 4.74 Å². The summed E-state index contributed by atoms with van der Waals surface area (Å²) >= 11 is 5.19. The predicted molar refractivity (Wildman–Crippen MR) is 35.8 cm³/mol. The summed E-state index contributed by atoms with van der Waals surface area (Å²) in [5.41, 5.74) is 1.43. The summed E-state index contributed by atoms with van der Waals surface area (Å²) < 4.78 is 4.85. The van der Waals surface area contributed by atoms with E-state index in [1.807, 2.05) is 6.92 Å². The van der Waals surface area contributed by atoms with Crippen molar-refractivity contribution in [1.29, 1.82) is 0 Å². The van der Waals surface area contributed by atoms with Gasteiger partial charge in [-0.15, -0.1) is 0 Å². The van der Waals surface area contributed by atoms with Gasteiger partial charge in [0, 0.05) is 5.54 Å². The molecule has 0 heterocycles. The summed E-state index contributed by atoms with van der Waals surface area (Å²) in [5, 5.41) is 0. The molecule has 0 aliphatic carbocycles. The molecule has 0 aromatic heterocycles. The highest BCUT2D eigenvalue weighted by atomic mass is 35.5. The number of allylic oxidation sites excluding steroid dienone is 2. The fourth-order valence-electron chi connectivity index (χ4n) is 0.239. The van der Waals surface area contributed by atoms with E-state index >= 15 is 0 Å². The van der Waals surface area contributed by atoms with Crippen LogP contribution in [0, 0.1) is 0 Å². The number of hydrogen-bond donors (Lipinski definition) is 0. The standard InChI is InChI=1S/C6H9ClO/c1-2-8-6-4-3-5-7/h3-6H,2H2,1H3/b5-3+,6-4+. The fourth-order valence-corrected chi connectivity index (χ4v) is 0.323. The topological polar surface area (TPSA) is 9.23 Å². The van der Waals surface area contributed by atoms with Gasteiger partial charge in [0.05, 0.1) is 12.9 Å². The van der Waals surface area contributed by atoms with Crippen LogP contribution in [0.5, 0.6) is 0 Å². The Labute approximate surface area is 54.6 Å². The molecule has 0 spiro atoms. The molecule has 8 heavy (non-hydrogen) atoms. The smallest absolute Gasteiger partial charge is 0.0845 e. The normalized spacial score (nSPS) is 11.2. The first kappa shape index (κ1) is 7.57. The van der Waals surface area contributed by atoms with Crippen molar-refractivity contribution in [3.63, 3.8) is 0 Å². The van der Waals surface area contributed by atoms with Crippen LogP contribution < -0.4 is 0 Å². The minimum atomic E-state index is 0.701. The zero-order valence-electron chi connectivity index (χ0n) is 4.80. The highest BCUT2D eigenvalue weighted by Gasteiger charge is 1.63. The molecule has 0 unspecified atom stereocenters. The van der Waals surface area contributed by atoms with Gasteiger partial charge in [-0.25, -0.2) is 0 Å². The highest BCUT2D eigenvalue weighted by Crippen LogP contribution is 1.81. The Morgan fingerprint density at radius 2 is 2.25 bits per heavy atom. The van der Waals surface area contributed by atoms with Crippen LogP contribution in [0.3, 0.4) is 0 Å². The molecule has 46 valence electrons. The average molecular weight is 133 g/mol. The summed E-state index contributed by atoms with van der Waals surface area (Å²) in [4.78, 5) is 0. The summed E-state index contributed by atoms with van der Waals surface area (Å²) in [6, 6.07) is 0. The monoisotopic (exact) mass is 132 g/mol. The molecule has 0 aromatic carbocycles. The molecule has 2 heteroatoms. The molecule has 0 fully saturated rings. The second-order valence-corrected chi connectivity index (χ2v) is 1.35. The lowest BCUT2D eigenvalue weighted by Gasteiger charge is -1.87. The Hall–Kier alpha value is -0.430. The van der Waals surface area contributed by atoms with Crippen LogP contribution in [-0.2, 0) is 4.74 Å². The molecule has 0 N–H and O–H groups in total. The first-order chi connectivity index (χ1) is 3.91. The van der Waals surface area contributed by atoms with Gasteiger partial charge in [0.1, 0.15) is 0 Å². The van der Waals surface area contributed by atoms with Gasteiger partial charge in [-0.3, -0.25) is 0 Å². The molecular weight excluding hydrogens is 124 g/mol. The van der Waals surface area contributed by atoms with Gasteiger partial charge in [0.15, 0.2) is 0 Å². The maximum atomic E-state index is 5.19. The van der Waals surface area contributed by atoms with Crippen molar-refractivity contribution in [3.8, 4) is 0 Å². The van der Waals surface area contributed by atoms with Gasteiger partial charge in [0.2, 0.25) is 0 Å². The molecule has 0 radical (unpaired) electrons. The molecule has 0 aliphatic rings. The zero-order valence-corrected chi connectivity index (χ0v) is 5.56. The lowest BCUT2D eigenvalue weighted by molar-refractivity contribution is 0.269. The van der Waals surface area contributed by atoms with E-state index in [9.17, 15) is 0 Å². The van der Waals surface area contributed by atoms with Crippen molar-refractivity contribution in [2.24, 2.45) is 0 Å². The first-order valence-electron chi connectivity index (χ1n) is 2.45. The van der Waals surface area contributed by atoms with E-state index in [1.165, 1.54) is 5.54 Å². The van der Waals surface area contributed by atoms with E-state index in [0.29, 0.717) is 6.61 Å². The van der Waals surface area contributed by atoms with E-state index in [0.717, 1.165) is 0 Å². The van der Waals surface area contributed by atoms with Crippen LogP contribution in [0.15, 0.2) is 23.9 Å². The molecule has 0 atom stereocenters. The molecule has 0 aromatic rings. The van der Waals surface area contributed by atoms with Crippen molar-refractivity contribution in [1.82, 2.24) is 0 Å². The van der Waals surface area contributed by atoms with Crippen molar-refractivity contribution in [2.75, 3.05) is 6.61 Å². The number of halogens is 1. The van der Waals surface area contributed by atoms with E-state index in [-0.39, 0.29) is 0 Å². The molecule has 0 saturated heterocycles. The Kier molecular flexibility index (Phi) is 6.22. The minimum absolute atomic E-state index is 0.701. The third-order valence-electron chi connectivity index (χ3n) is 0.525. The molecule has 0 aliphatic heterocycles. The van der Waals surface area contributed by atoms with E-state index < -0.39 is 0 Å². The van der Waals surface area contributed by atoms with E-state index in [4.69, 9.17) is 16.3 Å². The second kappa shape index (κ2) is 6.57. The molecular formula is C6H9ClO. The lowest BCUT2D eigenvalue weighted by atomic mass is 10.6. The van der Waals surface area contributed by atoms with Crippen LogP contribution >= 0.6 is 11.6 Å². The van der Waals surface area contributed by atoms with Crippen LogP contribution in [0.1, 0.15) is 6.92 Å². The summed E-state index contributed by atoms with van der Waals surface area (Å²) in [5.74, 6) is 0. The van der Waals surface area contributed by atoms with Gasteiger partial charge in [0.25, 0.3) is 0 Å². The highest BCUT2D eigenvalue weighted by molar-refractivity contribution is 6.25. The Balaban J connectivity index is 3.07.